The zero-order valence-electron chi connectivity index (χ0n) is 12.4. The van der Waals surface area contributed by atoms with Crippen molar-refractivity contribution in [1.82, 2.24) is 20.1 Å². The molecule has 118 valence electrons. The van der Waals surface area contributed by atoms with E-state index in [0.29, 0.717) is 19.0 Å². The molecule has 0 fully saturated rings. The van der Waals surface area contributed by atoms with Crippen LogP contribution in [-0.4, -0.2) is 33.8 Å². The zero-order chi connectivity index (χ0) is 14.2. The number of hydrogen-bond donors (Lipinski definition) is 2. The molecule has 1 aromatic rings. The van der Waals surface area contributed by atoms with Gasteiger partial charge in [-0.05, 0) is 19.3 Å². The van der Waals surface area contributed by atoms with E-state index in [2.05, 4.69) is 31.7 Å². The normalized spacial score (nSPS) is 14.8. The Morgan fingerprint density at radius 3 is 3.05 bits per heavy atom. The van der Waals surface area contributed by atoms with E-state index in [4.69, 9.17) is 5.73 Å². The Morgan fingerprint density at radius 1 is 1.38 bits per heavy atom. The molecule has 0 saturated carbocycles. The van der Waals surface area contributed by atoms with Crippen LogP contribution in [0.5, 0.6) is 0 Å². The molecule has 1 aliphatic heterocycles. The van der Waals surface area contributed by atoms with Crippen LogP contribution in [-0.2, 0) is 19.4 Å². The Kier molecular flexibility index (Phi) is 8.33. The van der Waals surface area contributed by atoms with Crippen LogP contribution in [0.4, 0.5) is 0 Å². The minimum Gasteiger partial charge on any atom is -0.370 e. The third-order valence-electron chi connectivity index (χ3n) is 3.45. The first-order chi connectivity index (χ1) is 9.81. The van der Waals surface area contributed by atoms with Gasteiger partial charge in [0.2, 0.25) is 0 Å². The first kappa shape index (κ1) is 17.9. The smallest absolute Gasteiger partial charge is 0.188 e. The Bertz CT molecular complexity index is 468. The summed E-state index contributed by atoms with van der Waals surface area (Å²) in [5.74, 6) is 2.72. The summed E-state index contributed by atoms with van der Waals surface area (Å²) >= 11 is 0. The molecule has 2 heterocycles. The highest BCUT2D eigenvalue weighted by atomic mass is 127. The highest BCUT2D eigenvalue weighted by Gasteiger charge is 2.13. The van der Waals surface area contributed by atoms with E-state index >= 15 is 0 Å². The molecule has 0 radical (unpaired) electrons. The van der Waals surface area contributed by atoms with Gasteiger partial charge in [-0.1, -0.05) is 12.5 Å². The number of hydrogen-bond acceptors (Lipinski definition) is 3. The van der Waals surface area contributed by atoms with Gasteiger partial charge >= 0.3 is 0 Å². The lowest BCUT2D eigenvalue weighted by atomic mass is 10.2. The van der Waals surface area contributed by atoms with Gasteiger partial charge < -0.3 is 15.6 Å². The Labute approximate surface area is 143 Å². The average Bonchev–Trinajstić information content (AvgIpc) is 2.69. The van der Waals surface area contributed by atoms with E-state index < -0.39 is 0 Å². The number of nitrogens with zero attached hydrogens (tertiary/aromatic N) is 4. The fourth-order valence-electron chi connectivity index (χ4n) is 2.40. The monoisotopic (exact) mass is 404 g/mol. The van der Waals surface area contributed by atoms with Crippen LogP contribution in [0.1, 0.15) is 37.3 Å². The molecule has 1 aromatic heterocycles. The van der Waals surface area contributed by atoms with Crippen molar-refractivity contribution in [3.05, 3.63) is 24.3 Å². The summed E-state index contributed by atoms with van der Waals surface area (Å²) in [6.45, 7) is 6.03. The summed E-state index contributed by atoms with van der Waals surface area (Å²) in [6.07, 6.45) is 8.42. The molecule has 6 nitrogen and oxygen atoms in total. The van der Waals surface area contributed by atoms with Crippen molar-refractivity contribution < 1.29 is 0 Å². The lowest BCUT2D eigenvalue weighted by Crippen LogP contribution is -2.31. The van der Waals surface area contributed by atoms with Gasteiger partial charge in [-0.3, -0.25) is 4.99 Å². The summed E-state index contributed by atoms with van der Waals surface area (Å²) in [6, 6.07) is 0. The van der Waals surface area contributed by atoms with Crippen LogP contribution in [0.3, 0.4) is 0 Å². The van der Waals surface area contributed by atoms with Gasteiger partial charge in [0.1, 0.15) is 11.6 Å². The minimum absolute atomic E-state index is 0. The maximum Gasteiger partial charge on any atom is 0.188 e. The SMILES string of the molecule is C=CCNC(N)=NCCCc1nnc2n1CCCCC2.I. The molecule has 0 atom stereocenters. The number of aromatic nitrogens is 3. The molecule has 0 spiro atoms. The maximum atomic E-state index is 5.71. The molecule has 7 heteroatoms. The van der Waals surface area contributed by atoms with Gasteiger partial charge in [-0.15, -0.1) is 40.8 Å². The van der Waals surface area contributed by atoms with Crippen molar-refractivity contribution in [2.75, 3.05) is 13.1 Å². The van der Waals surface area contributed by atoms with Crippen molar-refractivity contribution in [2.45, 2.75) is 45.1 Å². The number of aliphatic imine (C=N–C) groups is 1. The maximum absolute atomic E-state index is 5.71. The van der Waals surface area contributed by atoms with Crippen LogP contribution in [0.25, 0.3) is 0 Å². The molecule has 0 aromatic carbocycles. The predicted octanol–water partition coefficient (Wildman–Crippen LogP) is 1.65. The second-order valence-corrected chi connectivity index (χ2v) is 5.03. The van der Waals surface area contributed by atoms with Gasteiger partial charge in [0.25, 0.3) is 0 Å². The molecule has 2 rings (SSSR count). The molecule has 0 saturated heterocycles. The van der Waals surface area contributed by atoms with Gasteiger partial charge in [-0.2, -0.15) is 0 Å². The summed E-state index contributed by atoms with van der Waals surface area (Å²) in [7, 11) is 0. The second kappa shape index (κ2) is 9.75. The second-order valence-electron chi connectivity index (χ2n) is 5.03. The fraction of sp³-hybridized carbons (Fsp3) is 0.643. The van der Waals surface area contributed by atoms with Gasteiger partial charge in [0.05, 0.1) is 0 Å². The van der Waals surface area contributed by atoms with Crippen LogP contribution in [0, 0.1) is 0 Å². The van der Waals surface area contributed by atoms with Crippen LogP contribution >= 0.6 is 24.0 Å². The molecule has 0 bridgehead atoms. The van der Waals surface area contributed by atoms with Gasteiger partial charge in [0.15, 0.2) is 5.96 Å². The first-order valence-electron chi connectivity index (χ1n) is 7.37. The van der Waals surface area contributed by atoms with Crippen LogP contribution < -0.4 is 11.1 Å². The summed E-state index contributed by atoms with van der Waals surface area (Å²) in [5, 5.41) is 11.6. The van der Waals surface area contributed by atoms with E-state index in [1.54, 1.807) is 6.08 Å². The molecule has 0 unspecified atom stereocenters. The van der Waals surface area contributed by atoms with E-state index in [0.717, 1.165) is 37.5 Å². The number of nitrogens with two attached hydrogens (primary N) is 1. The molecule has 1 aliphatic rings. The van der Waals surface area contributed by atoms with E-state index in [1.807, 2.05) is 0 Å². The predicted molar refractivity (Wildman–Crippen MR) is 96.0 cm³/mol. The average molecular weight is 404 g/mol. The highest BCUT2D eigenvalue weighted by molar-refractivity contribution is 14.0. The first-order valence-corrected chi connectivity index (χ1v) is 7.37. The molecule has 3 N–H and O–H groups in total. The Hall–Kier alpha value is -1.12. The lowest BCUT2D eigenvalue weighted by Gasteiger charge is -2.06. The number of rotatable bonds is 6. The van der Waals surface area contributed by atoms with E-state index in [-0.39, 0.29) is 24.0 Å². The van der Waals surface area contributed by atoms with Crippen LogP contribution in [0.2, 0.25) is 0 Å². The molecule has 0 amide bonds. The largest absolute Gasteiger partial charge is 0.370 e. The van der Waals surface area contributed by atoms with Crippen molar-refractivity contribution in [1.29, 1.82) is 0 Å². The van der Waals surface area contributed by atoms with E-state index in [9.17, 15) is 0 Å². The van der Waals surface area contributed by atoms with Crippen LogP contribution in [0.15, 0.2) is 17.6 Å². The molecule has 0 aliphatic carbocycles. The molecular formula is C14H25IN6. The van der Waals surface area contributed by atoms with Gasteiger partial charge in [-0.25, -0.2) is 0 Å². The third-order valence-corrected chi connectivity index (χ3v) is 3.45. The zero-order valence-corrected chi connectivity index (χ0v) is 14.8. The lowest BCUT2D eigenvalue weighted by molar-refractivity contribution is 0.597. The topological polar surface area (TPSA) is 81.1 Å². The highest BCUT2D eigenvalue weighted by Crippen LogP contribution is 2.15. The molecular weight excluding hydrogens is 379 g/mol. The van der Waals surface area contributed by atoms with E-state index in [1.165, 1.54) is 19.3 Å². The van der Waals surface area contributed by atoms with Crippen molar-refractivity contribution in [3.8, 4) is 0 Å². The molecule has 21 heavy (non-hydrogen) atoms. The van der Waals surface area contributed by atoms with Crippen molar-refractivity contribution in [3.63, 3.8) is 0 Å². The minimum atomic E-state index is 0. The Balaban J connectivity index is 0.00000220. The fourth-order valence-corrected chi connectivity index (χ4v) is 2.40. The summed E-state index contributed by atoms with van der Waals surface area (Å²) in [5.41, 5.74) is 5.71. The Morgan fingerprint density at radius 2 is 2.24 bits per heavy atom. The number of aryl methyl sites for hydroxylation is 2. The standard InChI is InChI=1S/C14H24N6.HI/c1-2-9-16-14(15)17-10-6-8-13-19-18-12-7-4-3-5-11-20(12)13;/h2H,1,3-11H2,(H3,15,16,17);1H. The number of fused-ring (bicyclic) bond motifs is 1. The third kappa shape index (κ3) is 5.64. The summed E-state index contributed by atoms with van der Waals surface area (Å²) in [4.78, 5) is 4.27. The van der Waals surface area contributed by atoms with Crippen molar-refractivity contribution >= 4 is 29.9 Å². The van der Waals surface area contributed by atoms with Gasteiger partial charge in [0, 0.05) is 32.5 Å². The quantitative estimate of drug-likeness (QED) is 0.248. The summed E-state index contributed by atoms with van der Waals surface area (Å²) < 4.78 is 2.29. The number of nitrogens with one attached hydrogen (secondary N) is 1. The van der Waals surface area contributed by atoms with Crippen molar-refractivity contribution in [2.24, 2.45) is 10.7 Å². The number of guanidine groups is 1. The number of halogens is 1.